The number of benzene rings is 1. The first-order chi connectivity index (χ1) is 9.08. The highest BCUT2D eigenvalue weighted by atomic mass is 16.5. The Morgan fingerprint density at radius 2 is 1.63 bits per heavy atom. The van der Waals surface area contributed by atoms with Gasteiger partial charge in [0.15, 0.2) is 0 Å². The molecule has 0 fully saturated rings. The summed E-state index contributed by atoms with van der Waals surface area (Å²) in [5.41, 5.74) is 0.905. The molecule has 19 heavy (non-hydrogen) atoms. The standard InChI is InChI=1S/C15H18N2O2/c1-10(2)15-16-11(3)9-14(17-15)19-13-7-5-12(18-4)6-8-13/h5-10H,1-4H3. The zero-order valence-electron chi connectivity index (χ0n) is 11.7. The molecule has 4 heteroatoms. The molecule has 0 aliphatic carbocycles. The largest absolute Gasteiger partial charge is 0.497 e. The van der Waals surface area contributed by atoms with Gasteiger partial charge in [-0.25, -0.2) is 4.98 Å². The number of hydrogen-bond donors (Lipinski definition) is 0. The molecule has 0 amide bonds. The normalized spacial score (nSPS) is 10.6. The molecule has 1 aromatic carbocycles. The Hall–Kier alpha value is -2.10. The van der Waals surface area contributed by atoms with E-state index in [-0.39, 0.29) is 5.92 Å². The lowest BCUT2D eigenvalue weighted by Crippen LogP contribution is -2.01. The first kappa shape index (κ1) is 13.3. The summed E-state index contributed by atoms with van der Waals surface area (Å²) < 4.78 is 10.9. The van der Waals surface area contributed by atoms with E-state index in [1.165, 1.54) is 0 Å². The van der Waals surface area contributed by atoms with E-state index >= 15 is 0 Å². The molecule has 4 nitrogen and oxygen atoms in total. The van der Waals surface area contributed by atoms with Crippen LogP contribution in [-0.4, -0.2) is 17.1 Å². The molecular formula is C15H18N2O2. The lowest BCUT2D eigenvalue weighted by atomic mass is 10.2. The van der Waals surface area contributed by atoms with Crippen LogP contribution in [0.5, 0.6) is 17.4 Å². The predicted molar refractivity (Wildman–Crippen MR) is 73.9 cm³/mol. The van der Waals surface area contributed by atoms with Gasteiger partial charge in [-0.05, 0) is 31.2 Å². The zero-order valence-corrected chi connectivity index (χ0v) is 11.7. The minimum absolute atomic E-state index is 0.276. The molecule has 0 saturated carbocycles. The average Bonchev–Trinajstić information content (AvgIpc) is 2.39. The Morgan fingerprint density at radius 3 is 2.21 bits per heavy atom. The number of hydrogen-bond acceptors (Lipinski definition) is 4. The van der Waals surface area contributed by atoms with E-state index < -0.39 is 0 Å². The van der Waals surface area contributed by atoms with Gasteiger partial charge in [0.25, 0.3) is 0 Å². The summed E-state index contributed by atoms with van der Waals surface area (Å²) in [6.45, 7) is 6.06. The molecule has 100 valence electrons. The second kappa shape index (κ2) is 5.69. The molecule has 0 bridgehead atoms. The number of methoxy groups -OCH3 is 1. The van der Waals surface area contributed by atoms with E-state index in [1.54, 1.807) is 7.11 Å². The quantitative estimate of drug-likeness (QED) is 0.838. The zero-order chi connectivity index (χ0) is 13.8. The Morgan fingerprint density at radius 1 is 1.00 bits per heavy atom. The van der Waals surface area contributed by atoms with Gasteiger partial charge in [0, 0.05) is 17.7 Å². The van der Waals surface area contributed by atoms with Crippen molar-refractivity contribution in [2.75, 3.05) is 7.11 Å². The summed E-state index contributed by atoms with van der Waals surface area (Å²) in [5.74, 6) is 3.17. The van der Waals surface area contributed by atoms with Crippen molar-refractivity contribution in [1.29, 1.82) is 0 Å². The molecule has 0 saturated heterocycles. The molecule has 1 aromatic heterocycles. The minimum Gasteiger partial charge on any atom is -0.497 e. The molecule has 2 rings (SSSR count). The van der Waals surface area contributed by atoms with E-state index in [9.17, 15) is 0 Å². The van der Waals surface area contributed by atoms with Crippen LogP contribution in [0.1, 0.15) is 31.3 Å². The average molecular weight is 258 g/mol. The maximum absolute atomic E-state index is 5.74. The molecule has 0 radical (unpaired) electrons. The van der Waals surface area contributed by atoms with Gasteiger partial charge in [0.1, 0.15) is 17.3 Å². The number of ether oxygens (including phenoxy) is 2. The van der Waals surface area contributed by atoms with E-state index in [0.29, 0.717) is 5.88 Å². The molecular weight excluding hydrogens is 240 g/mol. The second-order valence-corrected chi connectivity index (χ2v) is 4.64. The van der Waals surface area contributed by atoms with Crippen LogP contribution in [-0.2, 0) is 0 Å². The van der Waals surface area contributed by atoms with Crippen LogP contribution in [0.25, 0.3) is 0 Å². The lowest BCUT2D eigenvalue weighted by molar-refractivity contribution is 0.412. The van der Waals surface area contributed by atoms with Crippen LogP contribution in [0.4, 0.5) is 0 Å². The van der Waals surface area contributed by atoms with Gasteiger partial charge in [-0.1, -0.05) is 13.8 Å². The Balaban J connectivity index is 2.22. The summed E-state index contributed by atoms with van der Waals surface area (Å²) in [4.78, 5) is 8.80. The second-order valence-electron chi connectivity index (χ2n) is 4.64. The van der Waals surface area contributed by atoms with Crippen molar-refractivity contribution in [2.45, 2.75) is 26.7 Å². The van der Waals surface area contributed by atoms with Gasteiger partial charge in [0.2, 0.25) is 5.88 Å². The minimum atomic E-state index is 0.276. The Bertz CT molecular complexity index is 551. The fourth-order valence-electron chi connectivity index (χ4n) is 1.64. The highest BCUT2D eigenvalue weighted by Crippen LogP contribution is 2.23. The number of rotatable bonds is 4. The maximum Gasteiger partial charge on any atom is 0.222 e. The highest BCUT2D eigenvalue weighted by Gasteiger charge is 2.07. The van der Waals surface area contributed by atoms with Crippen LogP contribution < -0.4 is 9.47 Å². The van der Waals surface area contributed by atoms with E-state index in [1.807, 2.05) is 37.3 Å². The third-order valence-electron chi connectivity index (χ3n) is 2.65. The molecule has 0 aliphatic rings. The van der Waals surface area contributed by atoms with Gasteiger partial charge in [-0.2, -0.15) is 4.98 Å². The highest BCUT2D eigenvalue weighted by molar-refractivity contribution is 5.33. The monoisotopic (exact) mass is 258 g/mol. The summed E-state index contributed by atoms with van der Waals surface area (Å²) >= 11 is 0. The van der Waals surface area contributed by atoms with E-state index in [0.717, 1.165) is 23.0 Å². The lowest BCUT2D eigenvalue weighted by Gasteiger charge is -2.09. The summed E-state index contributed by atoms with van der Waals surface area (Å²) in [5, 5.41) is 0. The van der Waals surface area contributed by atoms with Crippen molar-refractivity contribution in [3.63, 3.8) is 0 Å². The van der Waals surface area contributed by atoms with Gasteiger partial charge in [-0.15, -0.1) is 0 Å². The van der Waals surface area contributed by atoms with Gasteiger partial charge < -0.3 is 9.47 Å². The van der Waals surface area contributed by atoms with Crippen LogP contribution in [0, 0.1) is 6.92 Å². The topological polar surface area (TPSA) is 44.2 Å². The number of aromatic nitrogens is 2. The smallest absolute Gasteiger partial charge is 0.222 e. The molecule has 0 N–H and O–H groups in total. The van der Waals surface area contributed by atoms with Crippen molar-refractivity contribution in [3.05, 3.63) is 41.9 Å². The van der Waals surface area contributed by atoms with Crippen LogP contribution >= 0.6 is 0 Å². The Labute approximate surface area is 113 Å². The van der Waals surface area contributed by atoms with Crippen LogP contribution in [0.15, 0.2) is 30.3 Å². The molecule has 0 unspecified atom stereocenters. The first-order valence-electron chi connectivity index (χ1n) is 6.26. The maximum atomic E-state index is 5.74. The van der Waals surface area contributed by atoms with E-state index in [2.05, 4.69) is 23.8 Å². The summed E-state index contributed by atoms with van der Waals surface area (Å²) in [7, 11) is 1.64. The van der Waals surface area contributed by atoms with Crippen LogP contribution in [0.3, 0.4) is 0 Å². The number of nitrogens with zero attached hydrogens (tertiary/aromatic N) is 2. The number of aryl methyl sites for hydroxylation is 1. The van der Waals surface area contributed by atoms with Gasteiger partial charge in [-0.3, -0.25) is 0 Å². The molecule has 2 aromatic rings. The third kappa shape index (κ3) is 3.44. The van der Waals surface area contributed by atoms with Crippen molar-refractivity contribution in [3.8, 4) is 17.4 Å². The van der Waals surface area contributed by atoms with Crippen molar-refractivity contribution in [2.24, 2.45) is 0 Å². The van der Waals surface area contributed by atoms with Crippen molar-refractivity contribution < 1.29 is 9.47 Å². The molecule has 0 aliphatic heterocycles. The third-order valence-corrected chi connectivity index (χ3v) is 2.65. The summed E-state index contributed by atoms with van der Waals surface area (Å²) in [6, 6.07) is 9.24. The summed E-state index contributed by atoms with van der Waals surface area (Å²) in [6.07, 6.45) is 0. The van der Waals surface area contributed by atoms with E-state index in [4.69, 9.17) is 9.47 Å². The molecule has 1 heterocycles. The fourth-order valence-corrected chi connectivity index (χ4v) is 1.64. The SMILES string of the molecule is COc1ccc(Oc2cc(C)nc(C(C)C)n2)cc1. The molecule has 0 atom stereocenters. The Kier molecular flexibility index (Phi) is 4.00. The molecule has 0 spiro atoms. The van der Waals surface area contributed by atoms with Gasteiger partial charge in [0.05, 0.1) is 7.11 Å². The first-order valence-corrected chi connectivity index (χ1v) is 6.26. The van der Waals surface area contributed by atoms with Crippen molar-refractivity contribution in [1.82, 2.24) is 9.97 Å². The van der Waals surface area contributed by atoms with Gasteiger partial charge >= 0.3 is 0 Å². The predicted octanol–water partition coefficient (Wildman–Crippen LogP) is 3.71. The van der Waals surface area contributed by atoms with Crippen LogP contribution in [0.2, 0.25) is 0 Å². The van der Waals surface area contributed by atoms with Crippen molar-refractivity contribution >= 4 is 0 Å². The fraction of sp³-hybridized carbons (Fsp3) is 0.333.